The monoisotopic (exact) mass is 254 g/mol. The highest BCUT2D eigenvalue weighted by molar-refractivity contribution is 6.34. The molecule has 92 valence electrons. The number of nitrogens with one attached hydrogen (secondary N) is 1. The lowest BCUT2D eigenvalue weighted by Gasteiger charge is -2.21. The van der Waals surface area contributed by atoms with Gasteiger partial charge in [-0.1, -0.05) is 11.6 Å². The fourth-order valence-electron chi connectivity index (χ4n) is 1.83. The van der Waals surface area contributed by atoms with Crippen molar-refractivity contribution < 1.29 is 9.53 Å². The number of carbonyl (C=O) groups excluding carboxylic acids is 1. The zero-order valence-electron chi connectivity index (χ0n) is 9.41. The number of amides is 1. The maximum Gasteiger partial charge on any atom is 0.227 e. The van der Waals surface area contributed by atoms with Crippen molar-refractivity contribution in [2.24, 2.45) is 5.92 Å². The summed E-state index contributed by atoms with van der Waals surface area (Å²) < 4.78 is 5.22. The molecule has 1 aliphatic heterocycles. The van der Waals surface area contributed by atoms with Gasteiger partial charge in [-0.15, -0.1) is 0 Å². The van der Waals surface area contributed by atoms with Crippen molar-refractivity contribution >= 4 is 28.9 Å². The van der Waals surface area contributed by atoms with Gasteiger partial charge in [-0.25, -0.2) is 0 Å². The summed E-state index contributed by atoms with van der Waals surface area (Å²) in [6.07, 6.45) is 1.52. The predicted molar refractivity (Wildman–Crippen MR) is 68.0 cm³/mol. The average Bonchev–Trinajstić information content (AvgIpc) is 2.34. The molecule has 1 aromatic rings. The first-order chi connectivity index (χ1) is 8.16. The maximum atomic E-state index is 11.9. The molecule has 0 saturated carbocycles. The molecule has 17 heavy (non-hydrogen) atoms. The van der Waals surface area contributed by atoms with Crippen LogP contribution in [0.3, 0.4) is 0 Å². The van der Waals surface area contributed by atoms with Crippen molar-refractivity contribution in [2.45, 2.75) is 12.8 Å². The molecule has 0 spiro atoms. The van der Waals surface area contributed by atoms with Gasteiger partial charge in [-0.3, -0.25) is 4.79 Å². The van der Waals surface area contributed by atoms with E-state index in [4.69, 9.17) is 22.1 Å². The van der Waals surface area contributed by atoms with Crippen LogP contribution in [0, 0.1) is 5.92 Å². The summed E-state index contributed by atoms with van der Waals surface area (Å²) in [5.41, 5.74) is 6.78. The third kappa shape index (κ3) is 3.11. The first-order valence-electron chi connectivity index (χ1n) is 5.60. The Balaban J connectivity index is 2.02. The molecular formula is C12H15ClN2O2. The highest BCUT2D eigenvalue weighted by atomic mass is 35.5. The fraction of sp³-hybridized carbons (Fsp3) is 0.417. The minimum atomic E-state index is -0.0000265. The Morgan fingerprint density at radius 3 is 2.76 bits per heavy atom. The largest absolute Gasteiger partial charge is 0.399 e. The second-order valence-electron chi connectivity index (χ2n) is 4.12. The number of halogens is 1. The molecule has 1 heterocycles. The van der Waals surface area contributed by atoms with Gasteiger partial charge >= 0.3 is 0 Å². The van der Waals surface area contributed by atoms with Gasteiger partial charge in [-0.2, -0.15) is 0 Å². The number of anilines is 2. The van der Waals surface area contributed by atoms with Crippen LogP contribution in [0.25, 0.3) is 0 Å². The van der Waals surface area contributed by atoms with Crippen LogP contribution < -0.4 is 11.1 Å². The lowest BCUT2D eigenvalue weighted by Crippen LogP contribution is -2.28. The number of ether oxygens (including phenoxy) is 1. The molecule has 0 unspecified atom stereocenters. The summed E-state index contributed by atoms with van der Waals surface area (Å²) in [7, 11) is 0. The van der Waals surface area contributed by atoms with Gasteiger partial charge in [0, 0.05) is 24.8 Å². The van der Waals surface area contributed by atoms with Crippen molar-refractivity contribution in [2.75, 3.05) is 24.3 Å². The van der Waals surface area contributed by atoms with E-state index in [1.807, 2.05) is 0 Å². The summed E-state index contributed by atoms with van der Waals surface area (Å²) in [4.78, 5) is 11.9. The van der Waals surface area contributed by atoms with Crippen LogP contribution >= 0.6 is 11.6 Å². The Morgan fingerprint density at radius 2 is 2.12 bits per heavy atom. The molecule has 1 fully saturated rings. The van der Waals surface area contributed by atoms with E-state index in [-0.39, 0.29) is 11.8 Å². The van der Waals surface area contributed by atoms with Crippen LogP contribution in [-0.2, 0) is 9.53 Å². The Bertz CT molecular complexity index is 417. The van der Waals surface area contributed by atoms with Crippen LogP contribution in [0.15, 0.2) is 18.2 Å². The van der Waals surface area contributed by atoms with E-state index in [1.165, 1.54) is 0 Å². The van der Waals surface area contributed by atoms with E-state index in [0.29, 0.717) is 29.6 Å². The molecule has 5 heteroatoms. The average molecular weight is 255 g/mol. The second kappa shape index (κ2) is 5.38. The van der Waals surface area contributed by atoms with Gasteiger partial charge in [0.15, 0.2) is 0 Å². The molecular weight excluding hydrogens is 240 g/mol. The molecule has 2 rings (SSSR count). The standard InChI is InChI=1S/C12H15ClN2O2/c13-10-7-9(14)1-2-11(10)15-12(16)8-3-5-17-6-4-8/h1-2,7-8H,3-6,14H2,(H,15,16). The molecule has 1 aliphatic rings. The summed E-state index contributed by atoms with van der Waals surface area (Å²) >= 11 is 5.99. The highest BCUT2D eigenvalue weighted by Gasteiger charge is 2.21. The van der Waals surface area contributed by atoms with Gasteiger partial charge in [-0.05, 0) is 31.0 Å². The number of nitrogen functional groups attached to an aromatic ring is 1. The molecule has 0 aromatic heterocycles. The Hall–Kier alpha value is -1.26. The minimum Gasteiger partial charge on any atom is -0.399 e. The van der Waals surface area contributed by atoms with E-state index in [0.717, 1.165) is 12.8 Å². The summed E-state index contributed by atoms with van der Waals surface area (Å²) in [6.45, 7) is 1.29. The van der Waals surface area contributed by atoms with E-state index in [1.54, 1.807) is 18.2 Å². The van der Waals surface area contributed by atoms with Gasteiger partial charge in [0.25, 0.3) is 0 Å². The number of benzene rings is 1. The Labute approximate surface area is 105 Å². The first-order valence-corrected chi connectivity index (χ1v) is 5.98. The first kappa shape index (κ1) is 12.2. The minimum absolute atomic E-state index is 0.0000265. The molecule has 1 aromatic carbocycles. The normalized spacial score (nSPS) is 16.8. The topological polar surface area (TPSA) is 64.3 Å². The maximum absolute atomic E-state index is 11.9. The van der Waals surface area contributed by atoms with Crippen molar-refractivity contribution in [1.82, 2.24) is 0 Å². The molecule has 0 radical (unpaired) electrons. The summed E-state index contributed by atoms with van der Waals surface area (Å²) in [5, 5.41) is 3.29. The van der Waals surface area contributed by atoms with Gasteiger partial charge < -0.3 is 15.8 Å². The number of hydrogen-bond donors (Lipinski definition) is 2. The van der Waals surface area contributed by atoms with Crippen molar-refractivity contribution in [3.8, 4) is 0 Å². The lowest BCUT2D eigenvalue weighted by atomic mass is 9.99. The fourth-order valence-corrected chi connectivity index (χ4v) is 2.06. The van der Waals surface area contributed by atoms with Crippen LogP contribution in [0.5, 0.6) is 0 Å². The highest BCUT2D eigenvalue weighted by Crippen LogP contribution is 2.25. The van der Waals surface area contributed by atoms with Crippen LogP contribution in [-0.4, -0.2) is 19.1 Å². The van der Waals surface area contributed by atoms with E-state index in [2.05, 4.69) is 5.32 Å². The van der Waals surface area contributed by atoms with Gasteiger partial charge in [0.1, 0.15) is 0 Å². The van der Waals surface area contributed by atoms with E-state index in [9.17, 15) is 4.79 Å². The van der Waals surface area contributed by atoms with Crippen LogP contribution in [0.4, 0.5) is 11.4 Å². The molecule has 0 atom stereocenters. The number of carbonyl (C=O) groups is 1. The smallest absolute Gasteiger partial charge is 0.227 e. The number of rotatable bonds is 2. The molecule has 1 amide bonds. The van der Waals surface area contributed by atoms with Crippen molar-refractivity contribution in [3.63, 3.8) is 0 Å². The number of nitrogens with two attached hydrogens (primary N) is 1. The van der Waals surface area contributed by atoms with Gasteiger partial charge in [0.2, 0.25) is 5.91 Å². The lowest BCUT2D eigenvalue weighted by molar-refractivity contribution is -0.122. The third-order valence-electron chi connectivity index (χ3n) is 2.84. The molecule has 0 bridgehead atoms. The zero-order chi connectivity index (χ0) is 12.3. The summed E-state index contributed by atoms with van der Waals surface area (Å²) in [5.74, 6) is 0.0114. The SMILES string of the molecule is Nc1ccc(NC(=O)C2CCOCC2)c(Cl)c1. The van der Waals surface area contributed by atoms with Gasteiger partial charge in [0.05, 0.1) is 10.7 Å². The molecule has 1 saturated heterocycles. The molecule has 4 nitrogen and oxygen atoms in total. The predicted octanol–water partition coefficient (Wildman–Crippen LogP) is 2.29. The Morgan fingerprint density at radius 1 is 1.41 bits per heavy atom. The van der Waals surface area contributed by atoms with Crippen LogP contribution in [0.1, 0.15) is 12.8 Å². The van der Waals surface area contributed by atoms with E-state index < -0.39 is 0 Å². The summed E-state index contributed by atoms with van der Waals surface area (Å²) in [6, 6.07) is 5.06. The quantitative estimate of drug-likeness (QED) is 0.796. The molecule has 3 N–H and O–H groups in total. The number of hydrogen-bond acceptors (Lipinski definition) is 3. The van der Waals surface area contributed by atoms with Crippen LogP contribution in [0.2, 0.25) is 5.02 Å². The third-order valence-corrected chi connectivity index (χ3v) is 3.16. The molecule has 0 aliphatic carbocycles. The van der Waals surface area contributed by atoms with Crippen molar-refractivity contribution in [1.29, 1.82) is 0 Å². The van der Waals surface area contributed by atoms with E-state index >= 15 is 0 Å². The zero-order valence-corrected chi connectivity index (χ0v) is 10.2. The Kier molecular flexibility index (Phi) is 3.86. The van der Waals surface area contributed by atoms with Crippen molar-refractivity contribution in [3.05, 3.63) is 23.2 Å². The second-order valence-corrected chi connectivity index (χ2v) is 4.52.